The molecule has 142 valence electrons. The molecule has 0 aliphatic carbocycles. The highest BCUT2D eigenvalue weighted by molar-refractivity contribution is 5.95. The Bertz CT molecular complexity index is 910. The van der Waals surface area contributed by atoms with E-state index in [9.17, 15) is 4.79 Å². The molecule has 2 atom stereocenters. The number of aryl methyl sites for hydroxylation is 2. The number of nitrogens with one attached hydrogen (secondary N) is 2. The Morgan fingerprint density at radius 1 is 1.22 bits per heavy atom. The van der Waals surface area contributed by atoms with Crippen molar-refractivity contribution in [1.82, 2.24) is 0 Å². The van der Waals surface area contributed by atoms with Crippen molar-refractivity contribution in [2.24, 2.45) is 0 Å². The lowest BCUT2D eigenvalue weighted by Gasteiger charge is -2.32. The van der Waals surface area contributed by atoms with Crippen LogP contribution >= 0.6 is 0 Å². The lowest BCUT2D eigenvalue weighted by molar-refractivity contribution is -0.904. The average Bonchev–Trinajstić information content (AvgIpc) is 3.11. The standard InChI is InChI=1S/C21H24N2O4/c1-12-5-6-15(9-13(12)2)22-21(24)18-17-14(7-8-23(18)3)10-16-19(20(17)25-4)27-11-26-16/h5-6,9-10,18H,7-8,11H2,1-4H3,(H,22,24)/p+1/t18-/m1/s1. The fourth-order valence-electron chi connectivity index (χ4n) is 3.91. The zero-order valence-electron chi connectivity index (χ0n) is 16.1. The minimum atomic E-state index is -0.375. The van der Waals surface area contributed by atoms with Gasteiger partial charge in [0, 0.05) is 12.1 Å². The summed E-state index contributed by atoms with van der Waals surface area (Å²) in [7, 11) is 3.65. The van der Waals surface area contributed by atoms with E-state index < -0.39 is 0 Å². The van der Waals surface area contributed by atoms with Crippen molar-refractivity contribution in [3.8, 4) is 17.2 Å². The molecular formula is C21H25N2O4+. The van der Waals surface area contributed by atoms with Crippen molar-refractivity contribution in [2.45, 2.75) is 26.3 Å². The van der Waals surface area contributed by atoms with Gasteiger partial charge in [0.2, 0.25) is 12.5 Å². The first kappa shape index (κ1) is 17.7. The number of methoxy groups -OCH3 is 1. The molecule has 1 unspecified atom stereocenters. The highest BCUT2D eigenvalue weighted by Crippen LogP contribution is 2.47. The smallest absolute Gasteiger partial charge is 0.287 e. The van der Waals surface area contributed by atoms with Gasteiger partial charge in [0.1, 0.15) is 0 Å². The van der Waals surface area contributed by atoms with E-state index in [1.165, 1.54) is 5.56 Å². The van der Waals surface area contributed by atoms with Gasteiger partial charge in [-0.3, -0.25) is 4.79 Å². The van der Waals surface area contributed by atoms with Crippen LogP contribution in [0.5, 0.6) is 17.2 Å². The molecule has 0 bridgehead atoms. The third-order valence-electron chi connectivity index (χ3n) is 5.55. The number of anilines is 1. The van der Waals surface area contributed by atoms with Gasteiger partial charge >= 0.3 is 0 Å². The van der Waals surface area contributed by atoms with Gasteiger partial charge in [-0.1, -0.05) is 6.07 Å². The molecule has 6 heteroatoms. The molecule has 0 radical (unpaired) electrons. The van der Waals surface area contributed by atoms with Gasteiger partial charge in [-0.25, -0.2) is 0 Å². The summed E-state index contributed by atoms with van der Waals surface area (Å²) in [4.78, 5) is 14.4. The SMILES string of the molecule is COc1c2c(cc3c1[C@H](C(=O)Nc1ccc(C)c(C)c1)[NH+](C)CC3)OCO2. The van der Waals surface area contributed by atoms with Gasteiger partial charge in [0.05, 0.1) is 26.3 Å². The van der Waals surface area contributed by atoms with Gasteiger partial charge in [-0.2, -0.15) is 0 Å². The molecule has 6 nitrogen and oxygen atoms in total. The number of quaternary nitrogens is 1. The summed E-state index contributed by atoms with van der Waals surface area (Å²) in [5.74, 6) is 1.85. The molecule has 27 heavy (non-hydrogen) atoms. The van der Waals surface area contributed by atoms with Crippen molar-refractivity contribution in [1.29, 1.82) is 0 Å². The molecule has 0 aromatic heterocycles. The second kappa shape index (κ2) is 6.78. The molecule has 2 heterocycles. The molecule has 2 aromatic carbocycles. The van der Waals surface area contributed by atoms with E-state index >= 15 is 0 Å². The quantitative estimate of drug-likeness (QED) is 0.866. The Kier molecular flexibility index (Phi) is 4.44. The molecule has 2 aromatic rings. The van der Waals surface area contributed by atoms with Crippen LogP contribution in [0, 0.1) is 13.8 Å². The van der Waals surface area contributed by atoms with E-state index in [1.54, 1.807) is 7.11 Å². The van der Waals surface area contributed by atoms with Crippen LogP contribution in [-0.2, 0) is 11.2 Å². The predicted molar refractivity (Wildman–Crippen MR) is 102 cm³/mol. The average molecular weight is 369 g/mol. The van der Waals surface area contributed by atoms with Gasteiger partial charge in [-0.05, 0) is 48.7 Å². The number of carbonyl (C=O) groups excluding carboxylic acids is 1. The van der Waals surface area contributed by atoms with E-state index in [0.29, 0.717) is 17.2 Å². The van der Waals surface area contributed by atoms with Crippen molar-refractivity contribution in [3.63, 3.8) is 0 Å². The number of hydrogen-bond acceptors (Lipinski definition) is 4. The maximum Gasteiger partial charge on any atom is 0.287 e. The molecule has 2 N–H and O–H groups in total. The highest BCUT2D eigenvalue weighted by atomic mass is 16.7. The molecule has 4 rings (SSSR count). The number of hydrogen-bond donors (Lipinski definition) is 2. The summed E-state index contributed by atoms with van der Waals surface area (Å²) in [5.41, 5.74) is 5.14. The Morgan fingerprint density at radius 2 is 2.04 bits per heavy atom. The summed E-state index contributed by atoms with van der Waals surface area (Å²) >= 11 is 0. The molecule has 0 spiro atoms. The lowest BCUT2D eigenvalue weighted by atomic mass is 9.90. The molecular weight excluding hydrogens is 344 g/mol. The Hall–Kier alpha value is -2.73. The second-order valence-corrected chi connectivity index (χ2v) is 7.28. The van der Waals surface area contributed by atoms with Crippen molar-refractivity contribution in [2.75, 3.05) is 32.8 Å². The van der Waals surface area contributed by atoms with E-state index in [-0.39, 0.29) is 18.7 Å². The van der Waals surface area contributed by atoms with Crippen molar-refractivity contribution < 1.29 is 23.9 Å². The molecule has 1 amide bonds. The number of amides is 1. The van der Waals surface area contributed by atoms with E-state index in [4.69, 9.17) is 14.2 Å². The Morgan fingerprint density at radius 3 is 2.78 bits per heavy atom. The van der Waals surface area contributed by atoms with E-state index in [1.807, 2.05) is 38.2 Å². The van der Waals surface area contributed by atoms with Crippen LogP contribution in [0.1, 0.15) is 28.3 Å². The van der Waals surface area contributed by atoms with Crippen LogP contribution in [-0.4, -0.2) is 33.4 Å². The molecule has 2 aliphatic heterocycles. The van der Waals surface area contributed by atoms with Crippen LogP contribution < -0.4 is 24.4 Å². The second-order valence-electron chi connectivity index (χ2n) is 7.28. The first-order valence-corrected chi connectivity index (χ1v) is 9.19. The fraction of sp³-hybridized carbons (Fsp3) is 0.381. The van der Waals surface area contributed by atoms with Gasteiger partial charge < -0.3 is 24.4 Å². The fourth-order valence-corrected chi connectivity index (χ4v) is 3.91. The number of benzene rings is 2. The number of carbonyl (C=O) groups is 1. The minimum Gasteiger partial charge on any atom is -0.492 e. The first-order valence-electron chi connectivity index (χ1n) is 9.19. The largest absolute Gasteiger partial charge is 0.492 e. The van der Waals surface area contributed by atoms with Crippen LogP contribution in [0.15, 0.2) is 24.3 Å². The Balaban J connectivity index is 1.73. The summed E-state index contributed by atoms with van der Waals surface area (Å²) in [6.45, 7) is 5.14. The number of ether oxygens (including phenoxy) is 3. The summed E-state index contributed by atoms with van der Waals surface area (Å²) in [5, 5.41) is 3.08. The normalized spacial score (nSPS) is 20.1. The number of likely N-dealkylation sites (N-methyl/N-ethyl adjacent to an activating group) is 1. The van der Waals surface area contributed by atoms with Crippen LogP contribution in [0.25, 0.3) is 0 Å². The number of rotatable bonds is 3. The van der Waals surface area contributed by atoms with Crippen LogP contribution in [0.3, 0.4) is 0 Å². The van der Waals surface area contributed by atoms with Crippen LogP contribution in [0.4, 0.5) is 5.69 Å². The monoisotopic (exact) mass is 369 g/mol. The van der Waals surface area contributed by atoms with E-state index in [0.717, 1.165) is 40.2 Å². The van der Waals surface area contributed by atoms with E-state index in [2.05, 4.69) is 12.2 Å². The summed E-state index contributed by atoms with van der Waals surface area (Å²) < 4.78 is 16.8. The predicted octanol–water partition coefficient (Wildman–Crippen LogP) is 1.79. The topological polar surface area (TPSA) is 61.2 Å². The Labute approximate surface area is 159 Å². The zero-order chi connectivity index (χ0) is 19.1. The van der Waals surface area contributed by atoms with Gasteiger partial charge in [-0.15, -0.1) is 0 Å². The summed E-state index contributed by atoms with van der Waals surface area (Å²) in [6.07, 6.45) is 0.863. The minimum absolute atomic E-state index is 0.0473. The first-order chi connectivity index (χ1) is 13.0. The molecule has 0 fully saturated rings. The number of fused-ring (bicyclic) bond motifs is 2. The zero-order valence-corrected chi connectivity index (χ0v) is 16.1. The third kappa shape index (κ3) is 3.00. The highest BCUT2D eigenvalue weighted by Gasteiger charge is 2.40. The van der Waals surface area contributed by atoms with Gasteiger partial charge in [0.25, 0.3) is 5.91 Å². The van der Waals surface area contributed by atoms with Gasteiger partial charge in [0.15, 0.2) is 17.5 Å². The molecule has 0 saturated heterocycles. The summed E-state index contributed by atoms with van der Waals surface area (Å²) in [6, 6.07) is 7.58. The lowest BCUT2D eigenvalue weighted by Crippen LogP contribution is -3.11. The van der Waals surface area contributed by atoms with Crippen LogP contribution in [0.2, 0.25) is 0 Å². The van der Waals surface area contributed by atoms with Crippen molar-refractivity contribution >= 4 is 11.6 Å². The molecule has 2 aliphatic rings. The third-order valence-corrected chi connectivity index (χ3v) is 5.55. The maximum absolute atomic E-state index is 13.2. The molecule has 0 saturated carbocycles. The maximum atomic E-state index is 13.2. The van der Waals surface area contributed by atoms with Crippen molar-refractivity contribution in [3.05, 3.63) is 46.5 Å².